The third kappa shape index (κ3) is 4.67. The van der Waals surface area contributed by atoms with E-state index in [0.29, 0.717) is 24.4 Å². The minimum atomic E-state index is -3.18. The van der Waals surface area contributed by atoms with Gasteiger partial charge in [0.15, 0.2) is 5.69 Å². The van der Waals surface area contributed by atoms with Crippen molar-refractivity contribution in [2.24, 2.45) is 0 Å². The van der Waals surface area contributed by atoms with Crippen LogP contribution in [0.25, 0.3) is 0 Å². The molecular formula is C16H14F4N2O5. The highest BCUT2D eigenvalue weighted by Crippen LogP contribution is 2.28. The molecule has 1 aliphatic heterocycles. The number of carbonyl (C=O) groups excluding carboxylic acids is 1. The Balaban J connectivity index is 1.72. The second kappa shape index (κ2) is 8.25. The first kappa shape index (κ1) is 19.0. The SMILES string of the molecule is O=C(NCc1ccc(OC(F)F)cc1OC(F)F)c1noc2c1COCC2. The predicted molar refractivity (Wildman–Crippen MR) is 80.7 cm³/mol. The number of alkyl halides is 4. The number of hydrogen-bond acceptors (Lipinski definition) is 6. The number of ether oxygens (including phenoxy) is 3. The molecule has 0 bridgehead atoms. The number of carbonyl (C=O) groups is 1. The van der Waals surface area contributed by atoms with E-state index >= 15 is 0 Å². The van der Waals surface area contributed by atoms with Gasteiger partial charge >= 0.3 is 13.2 Å². The average Bonchev–Trinajstić information content (AvgIpc) is 3.04. The maximum Gasteiger partial charge on any atom is 0.387 e. The van der Waals surface area contributed by atoms with Crippen molar-refractivity contribution in [2.75, 3.05) is 6.61 Å². The van der Waals surface area contributed by atoms with Crippen molar-refractivity contribution in [3.05, 3.63) is 40.8 Å². The van der Waals surface area contributed by atoms with Gasteiger partial charge in [0, 0.05) is 24.6 Å². The summed E-state index contributed by atoms with van der Waals surface area (Å²) in [5, 5.41) is 6.20. The molecule has 1 amide bonds. The summed E-state index contributed by atoms with van der Waals surface area (Å²) in [6.45, 7) is -5.86. The largest absolute Gasteiger partial charge is 0.435 e. The molecule has 0 unspecified atom stereocenters. The molecule has 1 aromatic heterocycles. The molecule has 1 aliphatic rings. The van der Waals surface area contributed by atoms with Gasteiger partial charge in [-0.3, -0.25) is 4.79 Å². The molecule has 2 heterocycles. The summed E-state index contributed by atoms with van der Waals surface area (Å²) in [7, 11) is 0. The van der Waals surface area contributed by atoms with Crippen molar-refractivity contribution < 1.29 is 41.1 Å². The molecule has 146 valence electrons. The minimum absolute atomic E-state index is 0.0404. The number of amides is 1. The Morgan fingerprint density at radius 1 is 1.22 bits per heavy atom. The fraction of sp³-hybridized carbons (Fsp3) is 0.375. The van der Waals surface area contributed by atoms with E-state index in [4.69, 9.17) is 9.26 Å². The molecule has 1 N–H and O–H groups in total. The zero-order valence-corrected chi connectivity index (χ0v) is 13.7. The lowest BCUT2D eigenvalue weighted by Gasteiger charge is -2.14. The predicted octanol–water partition coefficient (Wildman–Crippen LogP) is 2.88. The monoisotopic (exact) mass is 390 g/mol. The summed E-state index contributed by atoms with van der Waals surface area (Å²) < 4.78 is 68.5. The van der Waals surface area contributed by atoms with Crippen LogP contribution >= 0.6 is 0 Å². The maximum absolute atomic E-state index is 12.6. The molecule has 0 fully saturated rings. The molecule has 0 saturated heterocycles. The van der Waals surface area contributed by atoms with Gasteiger partial charge in [0.2, 0.25) is 0 Å². The lowest BCUT2D eigenvalue weighted by molar-refractivity contribution is -0.0546. The van der Waals surface area contributed by atoms with Crippen molar-refractivity contribution >= 4 is 5.91 Å². The fourth-order valence-electron chi connectivity index (χ4n) is 2.53. The van der Waals surface area contributed by atoms with Crippen LogP contribution in [0.5, 0.6) is 11.5 Å². The normalized spacial score (nSPS) is 13.6. The fourth-order valence-corrected chi connectivity index (χ4v) is 2.53. The molecule has 2 aromatic rings. The lowest BCUT2D eigenvalue weighted by atomic mass is 10.1. The van der Waals surface area contributed by atoms with Crippen LogP contribution in [0.2, 0.25) is 0 Å². The van der Waals surface area contributed by atoms with Gasteiger partial charge in [0.1, 0.15) is 17.3 Å². The van der Waals surface area contributed by atoms with Crippen LogP contribution in [0.1, 0.15) is 27.4 Å². The van der Waals surface area contributed by atoms with E-state index in [1.807, 2.05) is 0 Å². The number of hydrogen-bond donors (Lipinski definition) is 1. The maximum atomic E-state index is 12.6. The molecule has 27 heavy (non-hydrogen) atoms. The number of nitrogens with one attached hydrogen (secondary N) is 1. The van der Waals surface area contributed by atoms with E-state index in [2.05, 4.69) is 19.9 Å². The van der Waals surface area contributed by atoms with E-state index in [9.17, 15) is 22.4 Å². The molecule has 11 heteroatoms. The summed E-state index contributed by atoms with van der Waals surface area (Å²) in [4.78, 5) is 12.3. The summed E-state index contributed by atoms with van der Waals surface area (Å²) in [5.41, 5.74) is 0.709. The number of benzene rings is 1. The summed E-state index contributed by atoms with van der Waals surface area (Å²) >= 11 is 0. The third-order valence-corrected chi connectivity index (χ3v) is 3.72. The highest BCUT2D eigenvalue weighted by molar-refractivity contribution is 5.93. The van der Waals surface area contributed by atoms with Crippen LogP contribution in [0.3, 0.4) is 0 Å². The van der Waals surface area contributed by atoms with Crippen LogP contribution < -0.4 is 14.8 Å². The second-order valence-electron chi connectivity index (χ2n) is 5.44. The summed E-state index contributed by atoms with van der Waals surface area (Å²) in [6, 6.07) is 3.28. The molecule has 0 saturated carbocycles. The van der Waals surface area contributed by atoms with Gasteiger partial charge in [-0.05, 0) is 12.1 Å². The molecule has 3 rings (SSSR count). The average molecular weight is 390 g/mol. The Labute approximate surface area is 150 Å². The van der Waals surface area contributed by atoms with Crippen LogP contribution in [0.4, 0.5) is 17.6 Å². The second-order valence-corrected chi connectivity index (χ2v) is 5.44. The Bertz CT molecular complexity index is 812. The number of halogens is 4. The third-order valence-electron chi connectivity index (χ3n) is 3.72. The molecule has 0 atom stereocenters. The van der Waals surface area contributed by atoms with Gasteiger partial charge in [-0.15, -0.1) is 0 Å². The van der Waals surface area contributed by atoms with Gasteiger partial charge in [-0.25, -0.2) is 0 Å². The lowest BCUT2D eigenvalue weighted by Crippen LogP contribution is -2.25. The highest BCUT2D eigenvalue weighted by atomic mass is 19.3. The smallest absolute Gasteiger partial charge is 0.387 e. The Morgan fingerprint density at radius 3 is 2.74 bits per heavy atom. The Hall–Kier alpha value is -2.82. The summed E-state index contributed by atoms with van der Waals surface area (Å²) in [6.07, 6.45) is 0.494. The first-order chi connectivity index (χ1) is 12.9. The molecular weight excluding hydrogens is 376 g/mol. The number of nitrogens with zero attached hydrogens (tertiary/aromatic N) is 1. The van der Waals surface area contributed by atoms with Gasteiger partial charge < -0.3 is 24.1 Å². The van der Waals surface area contributed by atoms with Crippen molar-refractivity contribution in [3.8, 4) is 11.5 Å². The van der Waals surface area contributed by atoms with Crippen molar-refractivity contribution in [3.63, 3.8) is 0 Å². The number of rotatable bonds is 7. The first-order valence-corrected chi connectivity index (χ1v) is 7.80. The Kier molecular flexibility index (Phi) is 5.79. The number of aromatic nitrogens is 1. The topological polar surface area (TPSA) is 82.8 Å². The van der Waals surface area contributed by atoms with Crippen LogP contribution in [0.15, 0.2) is 22.7 Å². The van der Waals surface area contributed by atoms with E-state index in [1.54, 1.807) is 0 Å². The molecule has 7 nitrogen and oxygen atoms in total. The molecule has 1 aromatic carbocycles. The van der Waals surface area contributed by atoms with Crippen molar-refractivity contribution in [2.45, 2.75) is 32.8 Å². The molecule has 0 spiro atoms. The zero-order valence-electron chi connectivity index (χ0n) is 13.7. The van der Waals surface area contributed by atoms with E-state index in [0.717, 1.165) is 12.1 Å². The zero-order chi connectivity index (χ0) is 19.4. The van der Waals surface area contributed by atoms with Crippen molar-refractivity contribution in [1.82, 2.24) is 10.5 Å². The Morgan fingerprint density at radius 2 is 2.00 bits per heavy atom. The van der Waals surface area contributed by atoms with Gasteiger partial charge in [0.05, 0.1) is 18.8 Å². The molecule has 0 aliphatic carbocycles. The highest BCUT2D eigenvalue weighted by Gasteiger charge is 2.24. The quantitative estimate of drug-likeness (QED) is 0.732. The van der Waals surface area contributed by atoms with E-state index in [1.165, 1.54) is 6.07 Å². The summed E-state index contributed by atoms with van der Waals surface area (Å²) in [5.74, 6) is -0.782. The van der Waals surface area contributed by atoms with Crippen LogP contribution in [0, 0.1) is 0 Å². The van der Waals surface area contributed by atoms with Gasteiger partial charge in [-0.1, -0.05) is 5.16 Å². The first-order valence-electron chi connectivity index (χ1n) is 7.80. The number of fused-ring (bicyclic) bond motifs is 1. The van der Waals surface area contributed by atoms with Crippen LogP contribution in [-0.2, 0) is 24.3 Å². The van der Waals surface area contributed by atoms with E-state index in [-0.39, 0.29) is 30.2 Å². The van der Waals surface area contributed by atoms with Gasteiger partial charge in [-0.2, -0.15) is 17.6 Å². The van der Waals surface area contributed by atoms with Gasteiger partial charge in [0.25, 0.3) is 5.91 Å². The molecule has 0 radical (unpaired) electrons. The van der Waals surface area contributed by atoms with Crippen LogP contribution in [-0.4, -0.2) is 30.9 Å². The van der Waals surface area contributed by atoms with E-state index < -0.39 is 24.9 Å². The minimum Gasteiger partial charge on any atom is -0.435 e. The van der Waals surface area contributed by atoms with Crippen molar-refractivity contribution in [1.29, 1.82) is 0 Å². The standard InChI is InChI=1S/C16H14F4N2O5/c17-15(18)25-9-2-1-8(12(5-9)26-16(19)20)6-21-14(23)13-10-7-24-4-3-11(10)27-22-13/h1-2,5,15-16H,3-4,6-7H2,(H,21,23).